The van der Waals surface area contributed by atoms with Crippen LogP contribution in [0.5, 0.6) is 0 Å². The van der Waals surface area contributed by atoms with E-state index in [-0.39, 0.29) is 11.8 Å². The molecule has 0 fully saturated rings. The number of carbonyl (C=O) groups excluding carboxylic acids is 1. The van der Waals surface area contributed by atoms with Crippen molar-refractivity contribution in [2.45, 2.75) is 46.6 Å². The fraction of sp³-hybridized carbons (Fsp3) is 0.438. The number of rotatable bonds is 5. The number of hydrogen-bond donors (Lipinski definition) is 0. The molecule has 0 aliphatic rings. The molecule has 0 saturated heterocycles. The normalized spacial score (nSPS) is 12.4. The average Bonchev–Trinajstić information content (AvgIpc) is 2.90. The Hall–Kier alpha value is -1.97. The van der Waals surface area contributed by atoms with Crippen LogP contribution in [0, 0.1) is 6.92 Å². The number of ketones is 1. The van der Waals surface area contributed by atoms with Gasteiger partial charge in [-0.2, -0.15) is 5.10 Å². The Morgan fingerprint density at radius 3 is 2.40 bits per heavy atom. The lowest BCUT2D eigenvalue weighted by Crippen LogP contribution is -2.20. The van der Waals surface area contributed by atoms with Crippen molar-refractivity contribution in [3.05, 3.63) is 47.0 Å². The Labute approximate surface area is 119 Å². The summed E-state index contributed by atoms with van der Waals surface area (Å²) in [5, 5.41) is 4.45. The molecule has 1 aromatic heterocycles. The van der Waals surface area contributed by atoms with Gasteiger partial charge in [0.2, 0.25) is 0 Å². The molecule has 0 spiro atoms. The van der Waals surface area contributed by atoms with Crippen LogP contribution in [0.3, 0.4) is 0 Å². The van der Waals surface area contributed by atoms with Gasteiger partial charge in [-0.1, -0.05) is 43.7 Å². The lowest BCUT2D eigenvalue weighted by atomic mass is 10.0. The summed E-state index contributed by atoms with van der Waals surface area (Å²) in [7, 11) is 0. The van der Waals surface area contributed by atoms with Crippen LogP contribution in [0.2, 0.25) is 0 Å². The van der Waals surface area contributed by atoms with Gasteiger partial charge in [0.15, 0.2) is 11.6 Å². The highest BCUT2D eigenvalue weighted by molar-refractivity contribution is 5.98. The molecule has 0 radical (unpaired) electrons. The minimum atomic E-state index is -0.319. The smallest absolute Gasteiger partial charge is 0.187 e. The quantitative estimate of drug-likeness (QED) is 0.785. The molecule has 1 unspecified atom stereocenters. The Morgan fingerprint density at radius 1 is 1.20 bits per heavy atom. The molecule has 1 atom stereocenters. The standard InChI is InChI=1S/C16H21N3O/c1-5-14-17-15(6-2)19(18-14)12(4)16(20)13-9-7-11(3)8-10-13/h7-10,12H,5-6H2,1-4H3. The highest BCUT2D eigenvalue weighted by Gasteiger charge is 2.21. The number of Topliss-reactive ketones (excluding diaryl/α,β-unsaturated/α-hetero) is 1. The number of benzene rings is 1. The van der Waals surface area contributed by atoms with E-state index >= 15 is 0 Å². The average molecular weight is 271 g/mol. The third-order valence-corrected chi connectivity index (χ3v) is 3.46. The van der Waals surface area contributed by atoms with Gasteiger partial charge >= 0.3 is 0 Å². The van der Waals surface area contributed by atoms with Crippen molar-refractivity contribution in [1.29, 1.82) is 0 Å². The van der Waals surface area contributed by atoms with Gasteiger partial charge in [0.1, 0.15) is 11.9 Å². The fourth-order valence-electron chi connectivity index (χ4n) is 2.18. The summed E-state index contributed by atoms with van der Waals surface area (Å²) in [4.78, 5) is 17.0. The minimum Gasteiger partial charge on any atom is -0.292 e. The van der Waals surface area contributed by atoms with Crippen LogP contribution in [-0.2, 0) is 12.8 Å². The molecule has 0 saturated carbocycles. The zero-order valence-electron chi connectivity index (χ0n) is 12.6. The van der Waals surface area contributed by atoms with Gasteiger partial charge in [-0.3, -0.25) is 4.79 Å². The molecule has 0 aliphatic heterocycles. The molecule has 1 aromatic carbocycles. The molecule has 0 N–H and O–H groups in total. The maximum Gasteiger partial charge on any atom is 0.187 e. The van der Waals surface area contributed by atoms with E-state index in [0.717, 1.165) is 35.6 Å². The zero-order valence-corrected chi connectivity index (χ0v) is 12.6. The van der Waals surface area contributed by atoms with Gasteiger partial charge in [-0.05, 0) is 13.8 Å². The highest BCUT2D eigenvalue weighted by Crippen LogP contribution is 2.16. The van der Waals surface area contributed by atoms with E-state index < -0.39 is 0 Å². The summed E-state index contributed by atoms with van der Waals surface area (Å²) in [5.74, 6) is 1.74. The van der Waals surface area contributed by atoms with Gasteiger partial charge < -0.3 is 0 Å². The van der Waals surface area contributed by atoms with Crippen molar-refractivity contribution in [1.82, 2.24) is 14.8 Å². The van der Waals surface area contributed by atoms with Gasteiger partial charge in [0.25, 0.3) is 0 Å². The molecule has 20 heavy (non-hydrogen) atoms. The van der Waals surface area contributed by atoms with Crippen molar-refractivity contribution in [3.8, 4) is 0 Å². The van der Waals surface area contributed by atoms with E-state index in [1.54, 1.807) is 4.68 Å². The maximum atomic E-state index is 12.5. The molecule has 1 heterocycles. The number of hydrogen-bond acceptors (Lipinski definition) is 3. The lowest BCUT2D eigenvalue weighted by Gasteiger charge is -2.13. The molecule has 106 valence electrons. The molecule has 0 aliphatic carbocycles. The summed E-state index contributed by atoms with van der Waals surface area (Å²) in [6.45, 7) is 7.95. The summed E-state index contributed by atoms with van der Waals surface area (Å²) < 4.78 is 1.76. The van der Waals surface area contributed by atoms with Crippen LogP contribution >= 0.6 is 0 Å². The maximum absolute atomic E-state index is 12.5. The number of aromatic nitrogens is 3. The molecule has 4 nitrogen and oxygen atoms in total. The first-order valence-corrected chi connectivity index (χ1v) is 7.12. The van der Waals surface area contributed by atoms with E-state index in [1.165, 1.54) is 0 Å². The van der Waals surface area contributed by atoms with Gasteiger partial charge in [0.05, 0.1) is 0 Å². The number of carbonyl (C=O) groups is 1. The number of nitrogens with zero attached hydrogens (tertiary/aromatic N) is 3. The summed E-state index contributed by atoms with van der Waals surface area (Å²) in [6.07, 6.45) is 1.56. The van der Waals surface area contributed by atoms with Gasteiger partial charge in [-0.25, -0.2) is 9.67 Å². The molecular formula is C16H21N3O. The van der Waals surface area contributed by atoms with E-state index in [9.17, 15) is 4.79 Å². The van der Waals surface area contributed by atoms with Crippen LogP contribution in [0.25, 0.3) is 0 Å². The van der Waals surface area contributed by atoms with Crippen molar-refractivity contribution in [2.24, 2.45) is 0 Å². The van der Waals surface area contributed by atoms with Crippen molar-refractivity contribution < 1.29 is 4.79 Å². The van der Waals surface area contributed by atoms with Crippen LogP contribution in [0.1, 0.15) is 54.4 Å². The van der Waals surface area contributed by atoms with E-state index in [1.807, 2.05) is 52.0 Å². The first kappa shape index (κ1) is 14.4. The molecular weight excluding hydrogens is 250 g/mol. The van der Waals surface area contributed by atoms with Crippen LogP contribution < -0.4 is 0 Å². The molecule has 2 rings (SSSR count). The second kappa shape index (κ2) is 5.99. The van der Waals surface area contributed by atoms with Crippen LogP contribution in [0.15, 0.2) is 24.3 Å². The van der Waals surface area contributed by atoms with E-state index in [2.05, 4.69) is 10.1 Å². The van der Waals surface area contributed by atoms with Crippen molar-refractivity contribution in [3.63, 3.8) is 0 Å². The predicted molar refractivity (Wildman–Crippen MR) is 79.0 cm³/mol. The Balaban J connectivity index is 2.30. The second-order valence-corrected chi connectivity index (χ2v) is 5.00. The largest absolute Gasteiger partial charge is 0.292 e. The first-order valence-electron chi connectivity index (χ1n) is 7.12. The first-order chi connectivity index (χ1) is 9.56. The third kappa shape index (κ3) is 2.79. The Bertz CT molecular complexity index is 599. The fourth-order valence-corrected chi connectivity index (χ4v) is 2.18. The van der Waals surface area contributed by atoms with Gasteiger partial charge in [0, 0.05) is 18.4 Å². The molecule has 0 bridgehead atoms. The van der Waals surface area contributed by atoms with Gasteiger partial charge in [-0.15, -0.1) is 0 Å². The topological polar surface area (TPSA) is 47.8 Å². The monoisotopic (exact) mass is 271 g/mol. The summed E-state index contributed by atoms with van der Waals surface area (Å²) in [6, 6.07) is 7.34. The highest BCUT2D eigenvalue weighted by atomic mass is 16.1. The van der Waals surface area contributed by atoms with E-state index in [0.29, 0.717) is 0 Å². The van der Waals surface area contributed by atoms with E-state index in [4.69, 9.17) is 0 Å². The van der Waals surface area contributed by atoms with Crippen LogP contribution in [-0.4, -0.2) is 20.5 Å². The van der Waals surface area contributed by atoms with Crippen molar-refractivity contribution in [2.75, 3.05) is 0 Å². The Kier molecular flexibility index (Phi) is 4.32. The number of aryl methyl sites for hydroxylation is 3. The second-order valence-electron chi connectivity index (χ2n) is 5.00. The minimum absolute atomic E-state index is 0.0762. The third-order valence-electron chi connectivity index (χ3n) is 3.46. The molecule has 2 aromatic rings. The Morgan fingerprint density at radius 2 is 1.85 bits per heavy atom. The SMILES string of the molecule is CCc1nc(CC)n(C(C)C(=O)c2ccc(C)cc2)n1. The summed E-state index contributed by atoms with van der Waals surface area (Å²) in [5.41, 5.74) is 1.87. The van der Waals surface area contributed by atoms with Crippen molar-refractivity contribution >= 4 is 5.78 Å². The predicted octanol–water partition coefficient (Wildman–Crippen LogP) is 3.16. The lowest BCUT2D eigenvalue weighted by molar-refractivity contribution is 0.0926. The molecule has 0 amide bonds. The van der Waals surface area contributed by atoms with Crippen LogP contribution in [0.4, 0.5) is 0 Å². The molecule has 4 heteroatoms. The summed E-state index contributed by atoms with van der Waals surface area (Å²) >= 11 is 0. The zero-order chi connectivity index (χ0) is 14.7.